The quantitative estimate of drug-likeness (QED) is 0.312. The number of hydrogen-bond acceptors (Lipinski definition) is 3. The minimum absolute atomic E-state index is 0. The summed E-state index contributed by atoms with van der Waals surface area (Å²) in [6.45, 7) is 0. The summed E-state index contributed by atoms with van der Waals surface area (Å²) in [5, 5.41) is 0. The molecule has 31 heavy (non-hydrogen) atoms. The molecule has 0 N–H and O–H groups in total. The number of carbonyl (C=O) groups is 3. The smallest absolute Gasteiger partial charge is 0.279 e. The zero-order chi connectivity index (χ0) is 25.7. The molecule has 0 aromatic carbocycles. The molecule has 0 aliphatic carbocycles. The van der Waals surface area contributed by atoms with Crippen LogP contribution in [0.4, 0.5) is 79.0 Å². The molecule has 0 bridgehead atoms. The minimum atomic E-state index is -5.82. The Labute approximate surface area is 166 Å². The van der Waals surface area contributed by atoms with Gasteiger partial charge < -0.3 is 0 Å². The van der Waals surface area contributed by atoms with Crippen LogP contribution in [0.1, 0.15) is 0 Å². The van der Waals surface area contributed by atoms with Gasteiger partial charge in [0.2, 0.25) is 0 Å². The number of hydrogen-bond donors (Lipinski definition) is 0. The molecule has 0 aliphatic rings. The second-order valence-corrected chi connectivity index (χ2v) is 3.97. The number of alkyl halides is 18. The summed E-state index contributed by atoms with van der Waals surface area (Å²) in [6.07, 6.45) is -34.9. The Morgan fingerprint density at radius 2 is 0.355 bits per heavy atom. The largest absolute Gasteiger partial charge is 0.459 e. The summed E-state index contributed by atoms with van der Waals surface area (Å²) >= 11 is 0. The zero-order valence-corrected chi connectivity index (χ0v) is 14.0. The second-order valence-electron chi connectivity index (χ2n) is 3.97. The standard InChI is InChI=1S/3C3F6O.Fe/c3*4-2(5,6)1(10)3(7,8)9;. The van der Waals surface area contributed by atoms with Crippen LogP contribution in [0.15, 0.2) is 0 Å². The first-order valence-electron chi connectivity index (χ1n) is 5.51. The fraction of sp³-hybridized carbons (Fsp3) is 0.667. The molecule has 188 valence electrons. The van der Waals surface area contributed by atoms with Crippen molar-refractivity contribution in [1.82, 2.24) is 0 Å². The molecule has 0 aliphatic heterocycles. The van der Waals surface area contributed by atoms with Gasteiger partial charge in [0.1, 0.15) is 0 Å². The van der Waals surface area contributed by atoms with Gasteiger partial charge in [0.05, 0.1) is 0 Å². The van der Waals surface area contributed by atoms with E-state index in [2.05, 4.69) is 0 Å². The van der Waals surface area contributed by atoms with Crippen molar-refractivity contribution in [3.05, 3.63) is 0 Å². The third-order valence-electron chi connectivity index (χ3n) is 1.54. The van der Waals surface area contributed by atoms with Crippen LogP contribution in [0.5, 0.6) is 0 Å². The molecule has 0 spiro atoms. The summed E-state index contributed by atoms with van der Waals surface area (Å²) in [5.41, 5.74) is 0. The molecular formula is C9F18FeO3. The minimum Gasteiger partial charge on any atom is -0.279 e. The molecule has 0 amide bonds. The van der Waals surface area contributed by atoms with E-state index in [0.29, 0.717) is 0 Å². The molecule has 0 saturated heterocycles. The molecule has 0 aromatic heterocycles. The predicted octanol–water partition coefficient (Wildman–Crippen LogP) is 5.04. The number of ketones is 3. The molecule has 0 rings (SSSR count). The van der Waals surface area contributed by atoms with Crippen molar-refractivity contribution in [2.24, 2.45) is 0 Å². The van der Waals surface area contributed by atoms with E-state index in [9.17, 15) is 93.4 Å². The molecule has 0 radical (unpaired) electrons. The molecule has 0 atom stereocenters. The van der Waals surface area contributed by atoms with Crippen LogP contribution in [0, 0.1) is 0 Å². The van der Waals surface area contributed by atoms with Gasteiger partial charge in [-0.15, -0.1) is 0 Å². The summed E-state index contributed by atoms with van der Waals surface area (Å²) in [6, 6.07) is 0. The fourth-order valence-corrected chi connectivity index (χ4v) is 0.482. The average molecular weight is 554 g/mol. The van der Waals surface area contributed by atoms with E-state index in [1.807, 2.05) is 0 Å². The van der Waals surface area contributed by atoms with Gasteiger partial charge in [-0.3, -0.25) is 14.4 Å². The maximum Gasteiger partial charge on any atom is 0.459 e. The molecule has 0 saturated carbocycles. The van der Waals surface area contributed by atoms with Gasteiger partial charge in [-0.1, -0.05) is 0 Å². The first-order valence-corrected chi connectivity index (χ1v) is 5.51. The summed E-state index contributed by atoms with van der Waals surface area (Å²) in [7, 11) is 0. The van der Waals surface area contributed by atoms with Gasteiger partial charge in [0.25, 0.3) is 0 Å². The molecular weight excluding hydrogens is 554 g/mol. The molecule has 3 nitrogen and oxygen atoms in total. The summed E-state index contributed by atoms with van der Waals surface area (Å²) in [4.78, 5) is 27.7. The van der Waals surface area contributed by atoms with Gasteiger partial charge in [-0.25, -0.2) is 0 Å². The van der Waals surface area contributed by atoms with Crippen LogP contribution in [0.3, 0.4) is 0 Å². The van der Waals surface area contributed by atoms with Gasteiger partial charge >= 0.3 is 54.4 Å². The van der Waals surface area contributed by atoms with Gasteiger partial charge in [-0.05, 0) is 0 Å². The van der Waals surface area contributed by atoms with Crippen molar-refractivity contribution in [2.75, 3.05) is 0 Å². The SMILES string of the molecule is O=C(C(F)(F)F)C(F)(F)F.O=C(C(F)(F)F)C(F)(F)F.O=C(C(F)(F)F)C(F)(F)F.[Fe]. The number of carbonyl (C=O) groups excluding carboxylic acids is 3. The first-order chi connectivity index (χ1) is 12.5. The van der Waals surface area contributed by atoms with Crippen molar-refractivity contribution < 1.29 is 110 Å². The third kappa shape index (κ3) is 16.6. The molecule has 0 unspecified atom stereocenters. The van der Waals surface area contributed by atoms with E-state index in [-0.39, 0.29) is 17.1 Å². The number of halogens is 18. The molecule has 0 fully saturated rings. The maximum absolute atomic E-state index is 10.9. The summed E-state index contributed by atoms with van der Waals surface area (Å²) < 4.78 is 196. The number of Topliss-reactive ketones (excluding diaryl/α,β-unsaturated/α-hetero) is 3. The van der Waals surface area contributed by atoms with E-state index in [0.717, 1.165) is 0 Å². The monoisotopic (exact) mass is 554 g/mol. The van der Waals surface area contributed by atoms with E-state index in [1.54, 1.807) is 0 Å². The van der Waals surface area contributed by atoms with E-state index < -0.39 is 54.4 Å². The van der Waals surface area contributed by atoms with Crippen LogP contribution >= 0.6 is 0 Å². The van der Waals surface area contributed by atoms with E-state index in [4.69, 9.17) is 0 Å². The Balaban J connectivity index is -0.000000174. The Bertz CT molecular complexity index is 464. The second kappa shape index (κ2) is 11.2. The van der Waals surface area contributed by atoms with Gasteiger partial charge in [-0.2, -0.15) is 79.0 Å². The van der Waals surface area contributed by atoms with Crippen LogP contribution in [-0.4, -0.2) is 54.4 Å². The first kappa shape index (κ1) is 36.6. The normalized spacial score (nSPS) is 13.0. The van der Waals surface area contributed by atoms with Crippen molar-refractivity contribution in [2.45, 2.75) is 37.1 Å². The number of rotatable bonds is 0. The molecule has 22 heteroatoms. The van der Waals surface area contributed by atoms with Crippen molar-refractivity contribution in [3.63, 3.8) is 0 Å². The van der Waals surface area contributed by atoms with Gasteiger partial charge in [0, 0.05) is 17.1 Å². The van der Waals surface area contributed by atoms with E-state index in [1.165, 1.54) is 0 Å². The van der Waals surface area contributed by atoms with E-state index >= 15 is 0 Å². The van der Waals surface area contributed by atoms with Crippen molar-refractivity contribution in [1.29, 1.82) is 0 Å². The van der Waals surface area contributed by atoms with Crippen LogP contribution < -0.4 is 0 Å². The van der Waals surface area contributed by atoms with Crippen molar-refractivity contribution >= 4 is 17.3 Å². The van der Waals surface area contributed by atoms with Crippen LogP contribution in [-0.2, 0) is 31.5 Å². The summed E-state index contributed by atoms with van der Waals surface area (Å²) in [5.74, 6) is -11.0. The predicted molar refractivity (Wildman–Crippen MR) is 51.4 cm³/mol. The Hall–Kier alpha value is -1.73. The molecule has 0 aromatic rings. The van der Waals surface area contributed by atoms with Gasteiger partial charge in [0.15, 0.2) is 0 Å². The van der Waals surface area contributed by atoms with Crippen LogP contribution in [0.2, 0.25) is 0 Å². The van der Waals surface area contributed by atoms with Crippen molar-refractivity contribution in [3.8, 4) is 0 Å². The zero-order valence-electron chi connectivity index (χ0n) is 12.9. The molecule has 0 heterocycles. The third-order valence-corrected chi connectivity index (χ3v) is 1.54. The maximum atomic E-state index is 10.9. The Morgan fingerprint density at radius 1 is 0.290 bits per heavy atom. The topological polar surface area (TPSA) is 51.2 Å². The fourth-order valence-electron chi connectivity index (χ4n) is 0.482. The Morgan fingerprint density at radius 3 is 0.355 bits per heavy atom. The Kier molecular flexibility index (Phi) is 13.3. The average Bonchev–Trinajstić information content (AvgIpc) is 2.40. The van der Waals surface area contributed by atoms with Crippen LogP contribution in [0.25, 0.3) is 0 Å².